The minimum absolute atomic E-state index is 0.0421. The Hall–Kier alpha value is -2.73. The molecule has 6 nitrogen and oxygen atoms in total. The Morgan fingerprint density at radius 1 is 1.22 bits per heavy atom. The fraction of sp³-hybridized carbons (Fsp3) is 0.125. The van der Waals surface area contributed by atoms with Crippen molar-refractivity contribution in [3.63, 3.8) is 0 Å². The topological polar surface area (TPSA) is 75.8 Å². The molecule has 23 heavy (non-hydrogen) atoms. The summed E-state index contributed by atoms with van der Waals surface area (Å²) in [5, 5.41) is 11.6. The summed E-state index contributed by atoms with van der Waals surface area (Å²) in [6.07, 6.45) is 0. The number of halogens is 1. The average Bonchev–Trinajstić information content (AvgIpc) is 2.66. The van der Waals surface area contributed by atoms with Gasteiger partial charge >= 0.3 is 0 Å². The Morgan fingerprint density at radius 3 is 2.65 bits per heavy atom. The number of rotatable bonds is 2. The van der Waals surface area contributed by atoms with Gasteiger partial charge < -0.3 is 4.90 Å². The smallest absolute Gasteiger partial charge is 0.270 e. The van der Waals surface area contributed by atoms with E-state index in [0.29, 0.717) is 27.5 Å². The standard InChI is InChI=1S/C16H12ClN3O3/c1-19-14-7-6-10(20(22)23)8-12(14)16(18-9-15(19)21)11-4-2-3-5-13(11)17/h2-8H,9H2,1H3/i6+1,7+1,8+1,10+1,12+1,14+1. The number of nitrogens with zero attached hydrogens (tertiary/aromatic N) is 3. The van der Waals surface area contributed by atoms with Gasteiger partial charge in [-0.1, -0.05) is 29.8 Å². The monoisotopic (exact) mass is 335 g/mol. The van der Waals surface area contributed by atoms with Gasteiger partial charge in [0, 0.05) is 35.3 Å². The zero-order valence-electron chi connectivity index (χ0n) is 12.2. The van der Waals surface area contributed by atoms with Gasteiger partial charge in [-0.2, -0.15) is 0 Å². The number of non-ortho nitro benzene ring substituents is 1. The third-order valence-corrected chi connectivity index (χ3v) is 4.01. The minimum Gasteiger partial charge on any atom is -0.313 e. The van der Waals surface area contributed by atoms with Gasteiger partial charge in [0.15, 0.2) is 0 Å². The van der Waals surface area contributed by atoms with Gasteiger partial charge in [0.1, 0.15) is 6.54 Å². The van der Waals surface area contributed by atoms with Crippen LogP contribution in [-0.4, -0.2) is 30.1 Å². The molecule has 0 aromatic heterocycles. The largest absolute Gasteiger partial charge is 0.313 e. The molecule has 0 aliphatic carbocycles. The Bertz CT molecular complexity index is 848. The number of likely N-dealkylation sites (N-methyl/N-ethyl adjacent to an activating group) is 1. The molecule has 0 bridgehead atoms. The summed E-state index contributed by atoms with van der Waals surface area (Å²) in [7, 11) is 1.62. The highest BCUT2D eigenvalue weighted by Crippen LogP contribution is 2.31. The molecule has 0 radical (unpaired) electrons. The number of anilines is 1. The van der Waals surface area contributed by atoms with Crippen LogP contribution < -0.4 is 4.90 Å². The molecule has 0 saturated carbocycles. The van der Waals surface area contributed by atoms with Crippen LogP contribution in [0.5, 0.6) is 0 Å². The van der Waals surface area contributed by atoms with E-state index in [4.69, 9.17) is 11.6 Å². The van der Waals surface area contributed by atoms with Crippen LogP contribution in [0.2, 0.25) is 5.02 Å². The van der Waals surface area contributed by atoms with Crippen molar-refractivity contribution in [1.82, 2.24) is 0 Å². The second-order valence-corrected chi connectivity index (χ2v) is 5.46. The molecule has 0 N–H and O–H groups in total. The molecule has 1 heterocycles. The number of nitro benzene ring substituents is 1. The summed E-state index contributed by atoms with van der Waals surface area (Å²) in [5.74, 6) is -0.192. The van der Waals surface area contributed by atoms with E-state index in [1.165, 1.54) is 17.0 Å². The number of aliphatic imine (C=N–C) groups is 1. The molecular weight excluding hydrogens is 324 g/mol. The SMILES string of the molecule is CN1C(=O)CN=C(c2ccccc2Cl)[13c]2[13cH][13c]([N+](=O)[O-])[13cH][13cH][13c]21. The van der Waals surface area contributed by atoms with E-state index in [1.807, 2.05) is 0 Å². The van der Waals surface area contributed by atoms with Crippen molar-refractivity contribution >= 4 is 34.6 Å². The lowest BCUT2D eigenvalue weighted by Crippen LogP contribution is -2.27. The number of carbonyl (C=O) groups is 1. The van der Waals surface area contributed by atoms with Crippen LogP contribution in [0.25, 0.3) is 0 Å². The lowest BCUT2D eigenvalue weighted by molar-refractivity contribution is -0.384. The predicted octanol–water partition coefficient (Wildman–Crippen LogP) is 3.06. The van der Waals surface area contributed by atoms with E-state index in [9.17, 15) is 14.9 Å². The molecule has 116 valence electrons. The van der Waals surface area contributed by atoms with E-state index in [0.717, 1.165) is 0 Å². The number of benzodiazepines with no additional fused rings is 1. The Labute approximate surface area is 137 Å². The van der Waals surface area contributed by atoms with Crippen LogP contribution >= 0.6 is 11.6 Å². The first-order valence-corrected chi connectivity index (χ1v) is 7.21. The fourth-order valence-corrected chi connectivity index (χ4v) is 2.70. The summed E-state index contributed by atoms with van der Waals surface area (Å²) >= 11 is 6.24. The first-order chi connectivity index (χ1) is 11.0. The van der Waals surface area contributed by atoms with Crippen molar-refractivity contribution in [2.45, 2.75) is 0 Å². The third kappa shape index (κ3) is 2.68. The molecule has 0 fully saturated rings. The molecule has 2 aromatic rings. The maximum absolute atomic E-state index is 12.1. The van der Waals surface area contributed by atoms with Crippen molar-refractivity contribution in [2.24, 2.45) is 4.99 Å². The molecule has 0 unspecified atom stereocenters. The van der Waals surface area contributed by atoms with Crippen LogP contribution in [0, 0.1) is 10.1 Å². The van der Waals surface area contributed by atoms with Crippen LogP contribution in [0.15, 0.2) is 47.5 Å². The third-order valence-electron chi connectivity index (χ3n) is 3.68. The lowest BCUT2D eigenvalue weighted by atomic mass is 10.2. The Balaban J connectivity index is 2.27. The highest BCUT2D eigenvalue weighted by Gasteiger charge is 2.25. The van der Waals surface area contributed by atoms with E-state index >= 15 is 0 Å². The van der Waals surface area contributed by atoms with E-state index in [1.54, 1.807) is 37.4 Å². The molecule has 1 amide bonds. The summed E-state index contributed by atoms with van der Waals surface area (Å²) in [4.78, 5) is 28.5. The number of amides is 1. The van der Waals surface area contributed by atoms with E-state index < -0.39 is 4.92 Å². The van der Waals surface area contributed by atoms with E-state index in [2.05, 4.69) is 4.99 Å². The molecule has 7 heteroatoms. The predicted molar refractivity (Wildman–Crippen MR) is 88.5 cm³/mol. The number of fused-ring (bicyclic) bond motifs is 1. The van der Waals surface area contributed by atoms with Crippen molar-refractivity contribution in [2.75, 3.05) is 18.5 Å². The van der Waals surface area contributed by atoms with Crippen LogP contribution in [0.1, 0.15) is 11.1 Å². The fourth-order valence-electron chi connectivity index (χ4n) is 2.48. The van der Waals surface area contributed by atoms with Gasteiger partial charge in [-0.05, 0) is 12.1 Å². The summed E-state index contributed by atoms with van der Waals surface area (Å²) in [5.41, 5.74) is 2.13. The molecule has 3 rings (SSSR count). The molecule has 0 saturated heterocycles. The van der Waals surface area contributed by atoms with Crippen molar-refractivity contribution in [1.29, 1.82) is 0 Å². The highest BCUT2D eigenvalue weighted by molar-refractivity contribution is 6.36. The molecule has 0 atom stereocenters. The molecular formula is C16H12ClN3O3. The summed E-state index contributed by atoms with van der Waals surface area (Å²) < 4.78 is 0. The normalized spacial score (nSPS) is 14.1. The number of hydrogen-bond acceptors (Lipinski definition) is 4. The molecule has 2 aromatic carbocycles. The number of hydrogen-bond donors (Lipinski definition) is 0. The average molecular weight is 336 g/mol. The first-order valence-electron chi connectivity index (χ1n) is 6.84. The number of nitro groups is 1. The molecule has 1 aliphatic heterocycles. The number of carbonyl (C=O) groups excluding carboxylic acids is 1. The van der Waals surface area contributed by atoms with Crippen molar-refractivity contribution in [3.8, 4) is 0 Å². The van der Waals surface area contributed by atoms with Gasteiger partial charge in [0.2, 0.25) is 5.91 Å². The van der Waals surface area contributed by atoms with Gasteiger partial charge in [0.25, 0.3) is 5.69 Å². The van der Waals surface area contributed by atoms with Crippen LogP contribution in [-0.2, 0) is 4.79 Å². The van der Waals surface area contributed by atoms with Gasteiger partial charge in [0.05, 0.1) is 16.3 Å². The van der Waals surface area contributed by atoms with Crippen molar-refractivity contribution < 1.29 is 9.72 Å². The second-order valence-electron chi connectivity index (χ2n) is 5.06. The zero-order valence-corrected chi connectivity index (χ0v) is 12.9. The van der Waals surface area contributed by atoms with Crippen LogP contribution in [0.4, 0.5) is 11.4 Å². The summed E-state index contributed by atoms with van der Waals surface area (Å²) in [6.45, 7) is -0.0421. The first kappa shape index (κ1) is 15.2. The Kier molecular flexibility index (Phi) is 3.83. The van der Waals surface area contributed by atoms with Gasteiger partial charge in [-0.15, -0.1) is 0 Å². The van der Waals surface area contributed by atoms with Crippen LogP contribution in [0.3, 0.4) is 0 Å². The maximum atomic E-state index is 12.1. The van der Waals surface area contributed by atoms with Gasteiger partial charge in [-0.3, -0.25) is 19.9 Å². The maximum Gasteiger partial charge on any atom is 0.270 e. The second kappa shape index (κ2) is 5.81. The zero-order chi connectivity index (χ0) is 16.6. The Morgan fingerprint density at radius 2 is 1.96 bits per heavy atom. The van der Waals surface area contributed by atoms with E-state index in [-0.39, 0.29) is 18.1 Å². The lowest BCUT2D eigenvalue weighted by Gasteiger charge is -2.17. The number of benzene rings is 2. The summed E-state index contributed by atoms with van der Waals surface area (Å²) in [6, 6.07) is 11.4. The van der Waals surface area contributed by atoms with Crippen molar-refractivity contribution in [3.05, 3.63) is 68.7 Å². The molecule has 1 aliphatic rings. The highest BCUT2D eigenvalue weighted by atomic mass is 35.5. The quantitative estimate of drug-likeness (QED) is 0.625. The molecule has 0 spiro atoms. The van der Waals surface area contributed by atoms with Gasteiger partial charge in [-0.25, -0.2) is 0 Å². The minimum atomic E-state index is -0.475.